The molecule has 3 amide bonds. The number of benzene rings is 1. The van der Waals surface area contributed by atoms with Crippen LogP contribution in [0.2, 0.25) is 0 Å². The topological polar surface area (TPSA) is 83.6 Å². The Hall–Kier alpha value is -2.93. The van der Waals surface area contributed by atoms with E-state index in [0.717, 1.165) is 24.9 Å². The second-order valence-electron chi connectivity index (χ2n) is 8.47. The van der Waals surface area contributed by atoms with E-state index in [1.165, 1.54) is 12.8 Å². The van der Waals surface area contributed by atoms with E-state index in [0.29, 0.717) is 28.9 Å². The van der Waals surface area contributed by atoms with Crippen LogP contribution in [0.4, 0.5) is 16.3 Å². The van der Waals surface area contributed by atoms with Crippen LogP contribution >= 0.6 is 0 Å². The van der Waals surface area contributed by atoms with Gasteiger partial charge in [0.25, 0.3) is 5.91 Å². The third-order valence-electron chi connectivity index (χ3n) is 6.92. The highest BCUT2D eigenvalue weighted by Gasteiger charge is 2.66. The van der Waals surface area contributed by atoms with Gasteiger partial charge < -0.3 is 15.0 Å². The van der Waals surface area contributed by atoms with E-state index in [9.17, 15) is 9.59 Å². The van der Waals surface area contributed by atoms with Gasteiger partial charge in [-0.2, -0.15) is 0 Å². The minimum Gasteiger partial charge on any atom is -0.347 e. The first-order valence-electron chi connectivity index (χ1n) is 10.3. The molecule has 1 aromatic carbocycles. The highest BCUT2D eigenvalue weighted by atomic mass is 16.5. The van der Waals surface area contributed by atoms with Crippen molar-refractivity contribution < 1.29 is 14.3 Å². The molecule has 1 spiro atoms. The van der Waals surface area contributed by atoms with Crippen molar-refractivity contribution in [3.63, 3.8) is 0 Å². The molecule has 1 aromatic heterocycles. The van der Waals surface area contributed by atoms with E-state index in [1.807, 2.05) is 17.0 Å². The number of hydrogen-bond acceptors (Lipinski definition) is 4. The van der Waals surface area contributed by atoms with Crippen LogP contribution in [0.25, 0.3) is 0 Å². The van der Waals surface area contributed by atoms with Crippen molar-refractivity contribution in [1.82, 2.24) is 9.88 Å². The summed E-state index contributed by atoms with van der Waals surface area (Å²) in [5.74, 6) is 1.51. The van der Waals surface area contributed by atoms with Crippen molar-refractivity contribution in [2.24, 2.45) is 11.8 Å². The first-order valence-corrected chi connectivity index (χ1v) is 10.3. The van der Waals surface area contributed by atoms with E-state index in [2.05, 4.69) is 15.6 Å². The van der Waals surface area contributed by atoms with Crippen LogP contribution in [-0.2, 0) is 4.74 Å². The fourth-order valence-electron chi connectivity index (χ4n) is 5.51. The van der Waals surface area contributed by atoms with Crippen LogP contribution in [0.3, 0.4) is 0 Å². The number of carbonyl (C=O) groups is 2. The summed E-state index contributed by atoms with van der Waals surface area (Å²) in [4.78, 5) is 31.5. The van der Waals surface area contributed by atoms with Gasteiger partial charge in [-0.25, -0.2) is 9.78 Å². The Morgan fingerprint density at radius 2 is 2.03 bits per heavy atom. The van der Waals surface area contributed by atoms with Crippen molar-refractivity contribution in [1.29, 1.82) is 0 Å². The summed E-state index contributed by atoms with van der Waals surface area (Å²) in [6, 6.07) is 10.4. The number of ether oxygens (including phenoxy) is 1. The molecule has 7 heteroatoms. The van der Waals surface area contributed by atoms with Gasteiger partial charge in [0.2, 0.25) is 0 Å². The molecule has 3 heterocycles. The number of carbonyl (C=O) groups excluding carboxylic acids is 2. The third kappa shape index (κ3) is 2.50. The van der Waals surface area contributed by atoms with Crippen molar-refractivity contribution in [3.8, 4) is 0 Å². The van der Waals surface area contributed by atoms with E-state index in [1.54, 1.807) is 30.5 Å². The first kappa shape index (κ1) is 17.0. The van der Waals surface area contributed by atoms with Gasteiger partial charge in [-0.1, -0.05) is 18.6 Å². The highest BCUT2D eigenvalue weighted by molar-refractivity contribution is 6.04. The lowest BCUT2D eigenvalue weighted by Crippen LogP contribution is -2.49. The van der Waals surface area contributed by atoms with Gasteiger partial charge >= 0.3 is 6.03 Å². The zero-order valence-electron chi connectivity index (χ0n) is 15.9. The number of rotatable bonds is 2. The average Bonchev–Trinajstić information content (AvgIpc) is 3.38. The molecule has 2 N–H and O–H groups in total. The fraction of sp³-hybridized carbons (Fsp3) is 0.409. The Bertz CT molecular complexity index is 1010. The lowest BCUT2D eigenvalue weighted by Gasteiger charge is -2.44. The number of urea groups is 1. The minimum atomic E-state index is -0.414. The Morgan fingerprint density at radius 1 is 1.14 bits per heavy atom. The largest absolute Gasteiger partial charge is 0.347 e. The van der Waals surface area contributed by atoms with Crippen LogP contribution in [0.5, 0.6) is 0 Å². The SMILES string of the molecule is O=C(Nc1ccccn1)Nc1cccc2c1C1OC34C[C@@H]3CCC[C@@H]4CN1C2=O. The molecular weight excluding hydrogens is 368 g/mol. The highest BCUT2D eigenvalue weighted by Crippen LogP contribution is 2.64. The number of amides is 3. The Kier molecular flexibility index (Phi) is 3.53. The molecule has 0 bridgehead atoms. The van der Waals surface area contributed by atoms with Gasteiger partial charge in [0.15, 0.2) is 6.23 Å². The normalized spacial score (nSPS) is 31.2. The molecule has 29 heavy (non-hydrogen) atoms. The Labute approximate surface area is 168 Å². The lowest BCUT2D eigenvalue weighted by molar-refractivity contribution is -0.176. The number of nitrogens with one attached hydrogen (secondary N) is 2. The smallest absolute Gasteiger partial charge is 0.324 e. The molecule has 2 aromatic rings. The molecule has 2 unspecified atom stereocenters. The molecule has 148 valence electrons. The number of fused-ring (bicyclic) bond motifs is 3. The summed E-state index contributed by atoms with van der Waals surface area (Å²) in [7, 11) is 0. The van der Waals surface area contributed by atoms with Crippen LogP contribution in [-0.4, -0.2) is 34.0 Å². The number of nitrogens with zero attached hydrogens (tertiary/aromatic N) is 2. The van der Waals surface area contributed by atoms with Gasteiger partial charge in [-0.3, -0.25) is 10.1 Å². The van der Waals surface area contributed by atoms with Gasteiger partial charge in [0.05, 0.1) is 11.3 Å². The minimum absolute atomic E-state index is 0.00333. The molecule has 2 aliphatic heterocycles. The standard InChI is InChI=1S/C22H22N4O3/c27-19-15-7-4-8-16(24-21(28)25-17-9-1-2-10-23-17)18(15)20-26(19)12-14-6-3-5-13-11-22(13,14)29-20/h1-2,4,7-10,13-14,20H,3,5-6,11-12H2,(H2,23,24,25,28)/t13-,14+,20?,22?/m0/s1. The maximum Gasteiger partial charge on any atom is 0.324 e. The lowest BCUT2D eigenvalue weighted by atomic mass is 9.84. The molecule has 2 saturated carbocycles. The molecule has 2 aliphatic carbocycles. The quantitative estimate of drug-likeness (QED) is 0.818. The fourth-order valence-corrected chi connectivity index (χ4v) is 5.51. The zero-order chi connectivity index (χ0) is 19.6. The van der Waals surface area contributed by atoms with Crippen molar-refractivity contribution in [2.75, 3.05) is 17.2 Å². The monoisotopic (exact) mass is 390 g/mol. The maximum atomic E-state index is 13.1. The number of hydrogen-bond donors (Lipinski definition) is 2. The molecule has 4 aliphatic rings. The van der Waals surface area contributed by atoms with Gasteiger partial charge in [-0.05, 0) is 49.4 Å². The summed E-state index contributed by atoms with van der Waals surface area (Å²) in [6.07, 6.45) is 5.87. The number of pyridine rings is 1. The Morgan fingerprint density at radius 3 is 2.90 bits per heavy atom. The summed E-state index contributed by atoms with van der Waals surface area (Å²) in [6.45, 7) is 0.744. The van der Waals surface area contributed by atoms with Crippen molar-refractivity contribution in [3.05, 3.63) is 53.7 Å². The predicted octanol–water partition coefficient (Wildman–Crippen LogP) is 3.77. The molecule has 1 saturated heterocycles. The van der Waals surface area contributed by atoms with Crippen LogP contribution in [0, 0.1) is 11.8 Å². The molecule has 6 rings (SSSR count). The number of aromatic nitrogens is 1. The summed E-state index contributed by atoms with van der Waals surface area (Å²) in [5.41, 5.74) is 1.94. The van der Waals surface area contributed by atoms with Gasteiger partial charge in [0, 0.05) is 29.8 Å². The molecule has 3 fully saturated rings. The summed E-state index contributed by atoms with van der Waals surface area (Å²) >= 11 is 0. The van der Waals surface area contributed by atoms with Gasteiger partial charge in [0.1, 0.15) is 5.82 Å². The summed E-state index contributed by atoms with van der Waals surface area (Å²) < 4.78 is 6.63. The van der Waals surface area contributed by atoms with Crippen molar-refractivity contribution in [2.45, 2.75) is 37.5 Å². The molecule has 7 nitrogen and oxygen atoms in total. The third-order valence-corrected chi connectivity index (χ3v) is 6.92. The predicted molar refractivity (Wildman–Crippen MR) is 106 cm³/mol. The number of anilines is 2. The van der Waals surface area contributed by atoms with E-state index in [4.69, 9.17) is 4.74 Å². The first-order chi connectivity index (χ1) is 14.2. The second-order valence-corrected chi connectivity index (χ2v) is 8.47. The Balaban J connectivity index is 1.30. The van der Waals surface area contributed by atoms with Crippen LogP contribution in [0.1, 0.15) is 47.8 Å². The second kappa shape index (κ2) is 6.03. The van der Waals surface area contributed by atoms with Gasteiger partial charge in [-0.15, -0.1) is 0 Å². The van der Waals surface area contributed by atoms with E-state index in [-0.39, 0.29) is 11.5 Å². The molecule has 0 radical (unpaired) electrons. The molecule has 4 atom stereocenters. The zero-order valence-corrected chi connectivity index (χ0v) is 15.9. The van der Waals surface area contributed by atoms with Crippen LogP contribution in [0.15, 0.2) is 42.6 Å². The van der Waals surface area contributed by atoms with Crippen molar-refractivity contribution >= 4 is 23.4 Å². The van der Waals surface area contributed by atoms with E-state index >= 15 is 0 Å². The maximum absolute atomic E-state index is 13.1. The molecular formula is C22H22N4O3. The van der Waals surface area contributed by atoms with Crippen LogP contribution < -0.4 is 10.6 Å². The average molecular weight is 390 g/mol. The van der Waals surface area contributed by atoms with E-state index < -0.39 is 12.3 Å². The summed E-state index contributed by atoms with van der Waals surface area (Å²) in [5, 5.41) is 5.62.